The van der Waals surface area contributed by atoms with Crippen LogP contribution in [0.1, 0.15) is 48.3 Å². The van der Waals surface area contributed by atoms with Crippen LogP contribution >= 0.6 is 0 Å². The molecule has 0 aliphatic rings. The van der Waals surface area contributed by atoms with Gasteiger partial charge in [0.05, 0.1) is 16.9 Å². The summed E-state index contributed by atoms with van der Waals surface area (Å²) >= 11 is 0. The molecule has 1 amide bonds. The first-order chi connectivity index (χ1) is 14.7. The third-order valence-corrected chi connectivity index (χ3v) is 5.27. The molecule has 1 atom stereocenters. The summed E-state index contributed by atoms with van der Waals surface area (Å²) in [7, 11) is 1.74. The van der Waals surface area contributed by atoms with Gasteiger partial charge in [-0.15, -0.1) is 0 Å². The molecule has 0 unspecified atom stereocenters. The minimum Gasteiger partial charge on any atom is -0.449 e. The summed E-state index contributed by atoms with van der Waals surface area (Å²) in [6.07, 6.45) is -1.07. The van der Waals surface area contributed by atoms with Crippen LogP contribution in [0.25, 0.3) is 5.69 Å². The third-order valence-electron chi connectivity index (χ3n) is 5.27. The van der Waals surface area contributed by atoms with Crippen molar-refractivity contribution >= 4 is 17.6 Å². The summed E-state index contributed by atoms with van der Waals surface area (Å²) in [6, 6.07) is 16.2. The highest BCUT2D eigenvalue weighted by atomic mass is 16.5. The lowest BCUT2D eigenvalue weighted by molar-refractivity contribution is -0.123. The fraction of sp³-hybridized carbons (Fsp3) is 0.292. The Labute approximate surface area is 181 Å². The Balaban J connectivity index is 1.74. The van der Waals surface area contributed by atoms with Gasteiger partial charge in [-0.1, -0.05) is 44.2 Å². The smallest absolute Gasteiger partial charge is 0.338 e. The Morgan fingerprint density at radius 2 is 1.58 bits per heavy atom. The molecule has 31 heavy (non-hydrogen) atoms. The van der Waals surface area contributed by atoms with Crippen LogP contribution in [0.5, 0.6) is 0 Å². The summed E-state index contributed by atoms with van der Waals surface area (Å²) in [6.45, 7) is 7.35. The minimum atomic E-state index is -1.07. The lowest BCUT2D eigenvalue weighted by atomic mass is 10.0. The molecule has 0 fully saturated rings. The van der Waals surface area contributed by atoms with E-state index in [9.17, 15) is 14.4 Å². The number of hydrogen-bond acceptors (Lipinski definition) is 4. The van der Waals surface area contributed by atoms with Crippen molar-refractivity contribution in [3.05, 3.63) is 81.8 Å². The van der Waals surface area contributed by atoms with Gasteiger partial charge < -0.3 is 10.1 Å². The van der Waals surface area contributed by atoms with Gasteiger partial charge in [0.15, 0.2) is 6.10 Å². The van der Waals surface area contributed by atoms with Crippen molar-refractivity contribution in [1.82, 2.24) is 9.36 Å². The molecule has 3 aromatic rings. The molecule has 3 rings (SSSR count). The molecule has 0 saturated heterocycles. The Morgan fingerprint density at radius 3 is 2.16 bits per heavy atom. The second-order valence-corrected chi connectivity index (χ2v) is 7.75. The van der Waals surface area contributed by atoms with E-state index in [1.165, 1.54) is 11.6 Å². The zero-order chi connectivity index (χ0) is 22.7. The van der Waals surface area contributed by atoms with Crippen LogP contribution in [0.15, 0.2) is 59.4 Å². The number of carbonyl (C=O) groups excluding carboxylic acids is 2. The van der Waals surface area contributed by atoms with E-state index >= 15 is 0 Å². The van der Waals surface area contributed by atoms with Crippen LogP contribution in [0.3, 0.4) is 0 Å². The third kappa shape index (κ3) is 4.60. The van der Waals surface area contributed by atoms with Crippen LogP contribution in [0.4, 0.5) is 5.69 Å². The Kier molecular flexibility index (Phi) is 6.44. The first-order valence-electron chi connectivity index (χ1n) is 10.2. The second-order valence-electron chi connectivity index (χ2n) is 7.75. The van der Waals surface area contributed by atoms with Crippen molar-refractivity contribution in [3.8, 4) is 5.69 Å². The number of hydrogen-bond donors (Lipinski definition) is 1. The maximum Gasteiger partial charge on any atom is 0.338 e. The molecule has 0 aliphatic heterocycles. The van der Waals surface area contributed by atoms with E-state index < -0.39 is 18.0 Å². The molecular weight excluding hydrogens is 394 g/mol. The zero-order valence-electron chi connectivity index (χ0n) is 18.4. The monoisotopic (exact) mass is 421 g/mol. The van der Waals surface area contributed by atoms with Gasteiger partial charge >= 0.3 is 5.97 Å². The number of carbonyl (C=O) groups is 2. The molecule has 7 heteroatoms. The number of nitrogens with zero attached hydrogens (tertiary/aromatic N) is 2. The minimum absolute atomic E-state index is 0.153. The van der Waals surface area contributed by atoms with Gasteiger partial charge in [0.1, 0.15) is 5.69 Å². The standard InChI is InChI=1S/C24H27N3O4/c1-15(2)18-11-13-19(14-12-18)24(30)31-17(4)22(28)25-21-16(3)26(5)27(23(21)29)20-9-7-6-8-10-20/h6-15,17H,1-5H3,(H,25,28)/t17-/m1/s1. The van der Waals surface area contributed by atoms with Crippen molar-refractivity contribution in [2.24, 2.45) is 7.05 Å². The van der Waals surface area contributed by atoms with E-state index in [1.54, 1.807) is 42.9 Å². The number of rotatable bonds is 6. The average molecular weight is 421 g/mol. The van der Waals surface area contributed by atoms with E-state index in [1.807, 2.05) is 30.3 Å². The predicted molar refractivity (Wildman–Crippen MR) is 120 cm³/mol. The van der Waals surface area contributed by atoms with E-state index in [-0.39, 0.29) is 11.2 Å². The van der Waals surface area contributed by atoms with Crippen molar-refractivity contribution in [2.45, 2.75) is 39.7 Å². The summed E-state index contributed by atoms with van der Waals surface area (Å²) < 4.78 is 8.44. The highest BCUT2D eigenvalue weighted by Crippen LogP contribution is 2.17. The number of esters is 1. The molecule has 0 spiro atoms. The van der Waals surface area contributed by atoms with Gasteiger partial charge in [0.25, 0.3) is 11.5 Å². The zero-order valence-corrected chi connectivity index (χ0v) is 18.4. The molecule has 0 aliphatic carbocycles. The maximum atomic E-state index is 12.9. The average Bonchev–Trinajstić information content (AvgIpc) is 2.97. The van der Waals surface area contributed by atoms with Crippen molar-refractivity contribution in [3.63, 3.8) is 0 Å². The summed E-state index contributed by atoms with van der Waals surface area (Å²) in [5.41, 5.74) is 2.54. The predicted octanol–water partition coefficient (Wildman–Crippen LogP) is 3.79. The van der Waals surface area contributed by atoms with E-state index in [4.69, 9.17) is 4.74 Å². The summed E-state index contributed by atoms with van der Waals surface area (Å²) in [5, 5.41) is 2.62. The largest absolute Gasteiger partial charge is 0.449 e. The van der Waals surface area contributed by atoms with Gasteiger partial charge in [-0.25, -0.2) is 9.48 Å². The highest BCUT2D eigenvalue weighted by Gasteiger charge is 2.23. The first-order valence-corrected chi connectivity index (χ1v) is 10.2. The molecule has 0 saturated carbocycles. The Morgan fingerprint density at radius 1 is 0.968 bits per heavy atom. The van der Waals surface area contributed by atoms with E-state index in [2.05, 4.69) is 19.2 Å². The second kappa shape index (κ2) is 9.04. The molecule has 162 valence electrons. The van der Waals surface area contributed by atoms with Crippen molar-refractivity contribution < 1.29 is 14.3 Å². The number of para-hydroxylation sites is 1. The maximum absolute atomic E-state index is 12.9. The van der Waals surface area contributed by atoms with Gasteiger partial charge in [-0.3, -0.25) is 14.3 Å². The van der Waals surface area contributed by atoms with Crippen LogP contribution < -0.4 is 10.9 Å². The summed E-state index contributed by atoms with van der Waals surface area (Å²) in [4.78, 5) is 38.0. The Bertz CT molecular complexity index is 1140. The molecule has 7 nitrogen and oxygen atoms in total. The molecule has 2 aromatic carbocycles. The quantitative estimate of drug-likeness (QED) is 0.614. The lowest BCUT2D eigenvalue weighted by Gasteiger charge is -2.13. The molecule has 0 bridgehead atoms. The van der Waals surface area contributed by atoms with Gasteiger partial charge in [0.2, 0.25) is 0 Å². The molecule has 1 heterocycles. The van der Waals surface area contributed by atoms with Gasteiger partial charge in [-0.05, 0) is 49.6 Å². The molecule has 0 radical (unpaired) electrons. The molecule has 1 N–H and O–H groups in total. The van der Waals surface area contributed by atoms with E-state index in [0.29, 0.717) is 22.9 Å². The van der Waals surface area contributed by atoms with E-state index in [0.717, 1.165) is 5.56 Å². The number of benzene rings is 2. The fourth-order valence-electron chi connectivity index (χ4n) is 3.22. The van der Waals surface area contributed by atoms with Crippen LogP contribution in [-0.4, -0.2) is 27.3 Å². The first kappa shape index (κ1) is 22.1. The van der Waals surface area contributed by atoms with Crippen LogP contribution in [-0.2, 0) is 16.6 Å². The van der Waals surface area contributed by atoms with Gasteiger partial charge in [-0.2, -0.15) is 0 Å². The lowest BCUT2D eigenvalue weighted by Crippen LogP contribution is -2.32. The number of amides is 1. The van der Waals surface area contributed by atoms with Gasteiger partial charge in [0, 0.05) is 7.05 Å². The molecule has 1 aromatic heterocycles. The molecular formula is C24H27N3O4. The normalized spacial score (nSPS) is 11.9. The number of ether oxygens (including phenoxy) is 1. The number of aromatic nitrogens is 2. The number of nitrogens with one attached hydrogen (secondary N) is 1. The number of anilines is 1. The SMILES string of the molecule is Cc1c(NC(=O)[C@@H](C)OC(=O)c2ccc(C(C)C)cc2)c(=O)n(-c2ccccc2)n1C. The van der Waals surface area contributed by atoms with Crippen molar-refractivity contribution in [1.29, 1.82) is 0 Å². The topological polar surface area (TPSA) is 82.3 Å². The Hall–Kier alpha value is -3.61. The fourth-order valence-corrected chi connectivity index (χ4v) is 3.22. The van der Waals surface area contributed by atoms with Crippen LogP contribution in [0.2, 0.25) is 0 Å². The van der Waals surface area contributed by atoms with Crippen molar-refractivity contribution in [2.75, 3.05) is 5.32 Å². The summed E-state index contributed by atoms with van der Waals surface area (Å²) in [5.74, 6) is -0.814. The van der Waals surface area contributed by atoms with Crippen LogP contribution in [0, 0.1) is 6.92 Å². The highest BCUT2D eigenvalue weighted by molar-refractivity contribution is 5.97.